The first-order chi connectivity index (χ1) is 10.3. The second kappa shape index (κ2) is 11.8. The van der Waals surface area contributed by atoms with Crippen LogP contribution >= 0.6 is 0 Å². The summed E-state index contributed by atoms with van der Waals surface area (Å²) in [6.07, 6.45) is 11.0. The van der Waals surface area contributed by atoms with E-state index in [9.17, 15) is 0 Å². The summed E-state index contributed by atoms with van der Waals surface area (Å²) in [6.45, 7) is 17.8. The molecule has 0 bridgehead atoms. The third-order valence-corrected chi connectivity index (χ3v) is 15.0. The van der Waals surface area contributed by atoms with Gasteiger partial charge >= 0.3 is 0 Å². The highest BCUT2D eigenvalue weighted by molar-refractivity contribution is 6.91. The van der Waals surface area contributed by atoms with Gasteiger partial charge in [0.15, 0.2) is 16.6 Å². The molecule has 0 spiro atoms. The Morgan fingerprint density at radius 1 is 0.636 bits per heavy atom. The minimum atomic E-state index is -1.65. The second-order valence-electron chi connectivity index (χ2n) is 7.54. The van der Waals surface area contributed by atoms with E-state index in [4.69, 9.17) is 8.85 Å². The molecular formula is C18H42O2Si2. The summed E-state index contributed by atoms with van der Waals surface area (Å²) in [7, 11) is -3.30. The summed E-state index contributed by atoms with van der Waals surface area (Å²) in [5.41, 5.74) is 0. The van der Waals surface area contributed by atoms with Gasteiger partial charge < -0.3 is 8.85 Å². The molecule has 0 aromatic rings. The first kappa shape index (κ1) is 22.4. The average molecular weight is 347 g/mol. The maximum Gasteiger partial charge on any atom is 0.189 e. The van der Waals surface area contributed by atoms with Crippen LogP contribution in [0.4, 0.5) is 0 Å². The normalized spacial score (nSPS) is 13.1. The van der Waals surface area contributed by atoms with Crippen LogP contribution in [0.1, 0.15) is 72.1 Å². The Bertz CT molecular complexity index is 250. The van der Waals surface area contributed by atoms with Crippen molar-refractivity contribution in [1.29, 1.82) is 0 Å². The fourth-order valence-corrected chi connectivity index (χ4v) is 14.7. The standard InChI is InChI=1S/C18H42O2Si2/c1-8-11-12-13-14-15-16-17-18(21(4,5)19-9-2)22(6,7)20-10-3/h18H,8-17H2,1-7H3. The molecule has 0 amide bonds. The molecule has 0 atom stereocenters. The molecule has 22 heavy (non-hydrogen) atoms. The summed E-state index contributed by atoms with van der Waals surface area (Å²) in [5.74, 6) is 0. The van der Waals surface area contributed by atoms with Crippen LogP contribution in [-0.2, 0) is 8.85 Å². The van der Waals surface area contributed by atoms with E-state index in [1.54, 1.807) is 0 Å². The molecule has 0 aromatic carbocycles. The van der Waals surface area contributed by atoms with Gasteiger partial charge in [0, 0.05) is 13.2 Å². The van der Waals surface area contributed by atoms with Gasteiger partial charge in [-0.1, -0.05) is 58.3 Å². The summed E-state index contributed by atoms with van der Waals surface area (Å²) >= 11 is 0. The van der Waals surface area contributed by atoms with Gasteiger partial charge in [-0.05, 0) is 45.2 Å². The lowest BCUT2D eigenvalue weighted by Crippen LogP contribution is -2.51. The summed E-state index contributed by atoms with van der Waals surface area (Å²) in [6, 6.07) is 0. The van der Waals surface area contributed by atoms with Crippen LogP contribution in [0.5, 0.6) is 0 Å². The number of hydrogen-bond acceptors (Lipinski definition) is 2. The van der Waals surface area contributed by atoms with Crippen LogP contribution in [0.25, 0.3) is 0 Å². The molecule has 0 rings (SSSR count). The number of hydrogen-bond donors (Lipinski definition) is 0. The van der Waals surface area contributed by atoms with Crippen molar-refractivity contribution in [2.45, 2.75) is 103 Å². The Balaban J connectivity index is 4.43. The molecule has 134 valence electrons. The Kier molecular flexibility index (Phi) is 12.0. The molecule has 2 nitrogen and oxygen atoms in total. The number of rotatable bonds is 14. The first-order valence-electron chi connectivity index (χ1n) is 9.59. The van der Waals surface area contributed by atoms with E-state index in [-0.39, 0.29) is 0 Å². The summed E-state index contributed by atoms with van der Waals surface area (Å²) in [5, 5.41) is 0.704. The fraction of sp³-hybridized carbons (Fsp3) is 1.00. The average Bonchev–Trinajstić information content (AvgIpc) is 2.41. The maximum atomic E-state index is 6.23. The monoisotopic (exact) mass is 346 g/mol. The zero-order chi connectivity index (χ0) is 17.1. The molecule has 0 saturated carbocycles. The quantitative estimate of drug-likeness (QED) is 0.263. The Hall–Kier alpha value is 0.354. The Labute approximate surface area is 142 Å². The Morgan fingerprint density at radius 2 is 1.05 bits per heavy atom. The minimum Gasteiger partial charge on any atom is -0.418 e. The van der Waals surface area contributed by atoms with E-state index >= 15 is 0 Å². The third-order valence-electron chi connectivity index (χ3n) is 4.81. The van der Waals surface area contributed by atoms with Crippen LogP contribution in [0.3, 0.4) is 0 Å². The van der Waals surface area contributed by atoms with Gasteiger partial charge in [-0.15, -0.1) is 0 Å². The van der Waals surface area contributed by atoms with Gasteiger partial charge in [-0.2, -0.15) is 0 Å². The van der Waals surface area contributed by atoms with Gasteiger partial charge in [0.2, 0.25) is 0 Å². The van der Waals surface area contributed by atoms with E-state index in [0.717, 1.165) is 13.2 Å². The lowest BCUT2D eigenvalue weighted by atomic mass is 10.1. The van der Waals surface area contributed by atoms with Crippen molar-refractivity contribution in [3.05, 3.63) is 0 Å². The predicted octanol–water partition coefficient (Wildman–Crippen LogP) is 6.52. The lowest BCUT2D eigenvalue weighted by molar-refractivity contribution is 0.299. The largest absolute Gasteiger partial charge is 0.418 e. The smallest absolute Gasteiger partial charge is 0.189 e. The van der Waals surface area contributed by atoms with E-state index in [1.165, 1.54) is 51.4 Å². The fourth-order valence-electron chi connectivity index (χ4n) is 3.78. The molecular weight excluding hydrogens is 304 g/mol. The van der Waals surface area contributed by atoms with E-state index in [0.29, 0.717) is 5.16 Å². The van der Waals surface area contributed by atoms with Gasteiger partial charge in [-0.25, -0.2) is 0 Å². The van der Waals surface area contributed by atoms with Crippen LogP contribution in [0, 0.1) is 0 Å². The first-order valence-corrected chi connectivity index (χ1v) is 15.6. The summed E-state index contributed by atoms with van der Waals surface area (Å²) < 4.78 is 12.5. The predicted molar refractivity (Wildman–Crippen MR) is 105 cm³/mol. The van der Waals surface area contributed by atoms with Gasteiger partial charge in [0.25, 0.3) is 0 Å². The minimum absolute atomic E-state index is 0.704. The van der Waals surface area contributed by atoms with E-state index in [2.05, 4.69) is 47.0 Å². The van der Waals surface area contributed by atoms with Crippen LogP contribution in [0.15, 0.2) is 0 Å². The topological polar surface area (TPSA) is 18.5 Å². The molecule has 0 radical (unpaired) electrons. The highest BCUT2D eigenvalue weighted by Gasteiger charge is 2.45. The van der Waals surface area contributed by atoms with Crippen molar-refractivity contribution in [1.82, 2.24) is 0 Å². The highest BCUT2D eigenvalue weighted by Crippen LogP contribution is 2.38. The zero-order valence-electron chi connectivity index (χ0n) is 16.5. The van der Waals surface area contributed by atoms with Crippen molar-refractivity contribution < 1.29 is 8.85 Å². The van der Waals surface area contributed by atoms with E-state index < -0.39 is 16.6 Å². The molecule has 0 N–H and O–H groups in total. The lowest BCUT2D eigenvalue weighted by Gasteiger charge is -2.41. The van der Waals surface area contributed by atoms with Crippen molar-refractivity contribution in [3.63, 3.8) is 0 Å². The van der Waals surface area contributed by atoms with Crippen LogP contribution < -0.4 is 0 Å². The summed E-state index contributed by atoms with van der Waals surface area (Å²) in [4.78, 5) is 0. The molecule has 0 unspecified atom stereocenters. The SMILES string of the molecule is CCCCCCCCCC([Si](C)(C)OCC)[Si](C)(C)OCC. The van der Waals surface area contributed by atoms with Crippen molar-refractivity contribution in [3.8, 4) is 0 Å². The molecule has 0 aliphatic rings. The van der Waals surface area contributed by atoms with Crippen LogP contribution in [-0.4, -0.2) is 29.8 Å². The van der Waals surface area contributed by atoms with Crippen LogP contribution in [0.2, 0.25) is 31.4 Å². The molecule has 0 aromatic heterocycles. The van der Waals surface area contributed by atoms with Crippen molar-refractivity contribution in [2.24, 2.45) is 0 Å². The van der Waals surface area contributed by atoms with E-state index in [1.807, 2.05) is 0 Å². The molecule has 4 heteroatoms. The molecule has 0 heterocycles. The van der Waals surface area contributed by atoms with Gasteiger partial charge in [0.1, 0.15) is 0 Å². The van der Waals surface area contributed by atoms with Gasteiger partial charge in [0.05, 0.1) is 0 Å². The maximum absolute atomic E-state index is 6.23. The molecule has 0 fully saturated rings. The Morgan fingerprint density at radius 3 is 1.45 bits per heavy atom. The molecule has 0 aliphatic carbocycles. The van der Waals surface area contributed by atoms with Crippen molar-refractivity contribution in [2.75, 3.05) is 13.2 Å². The van der Waals surface area contributed by atoms with Crippen molar-refractivity contribution >= 4 is 16.6 Å². The number of unbranched alkanes of at least 4 members (excludes halogenated alkanes) is 6. The van der Waals surface area contributed by atoms with Gasteiger partial charge in [-0.3, -0.25) is 0 Å². The molecule has 0 aliphatic heterocycles. The third kappa shape index (κ3) is 8.85. The molecule has 0 saturated heterocycles. The second-order valence-corrected chi connectivity index (χ2v) is 16.5. The zero-order valence-corrected chi connectivity index (χ0v) is 18.5. The highest BCUT2D eigenvalue weighted by atomic mass is 28.4.